The Balaban J connectivity index is 1.72. The Labute approximate surface area is 175 Å². The van der Waals surface area contributed by atoms with Gasteiger partial charge in [-0.25, -0.2) is 14.8 Å². The van der Waals surface area contributed by atoms with Crippen LogP contribution in [0.15, 0.2) is 60.9 Å². The molecule has 2 aromatic carbocycles. The van der Waals surface area contributed by atoms with Crippen molar-refractivity contribution in [3.8, 4) is 0 Å². The van der Waals surface area contributed by atoms with Gasteiger partial charge in [0.2, 0.25) is 0 Å². The molecule has 0 fully saturated rings. The van der Waals surface area contributed by atoms with E-state index in [0.29, 0.717) is 12.2 Å². The van der Waals surface area contributed by atoms with Crippen LogP contribution in [0.2, 0.25) is 0 Å². The average molecular weight is 407 g/mol. The summed E-state index contributed by atoms with van der Waals surface area (Å²) >= 11 is 0. The quantitative estimate of drug-likeness (QED) is 0.542. The van der Waals surface area contributed by atoms with Gasteiger partial charge >= 0.3 is 6.09 Å². The number of nitrogens with one attached hydrogen (secondary N) is 3. The van der Waals surface area contributed by atoms with Gasteiger partial charge in [-0.15, -0.1) is 0 Å². The molecular weight excluding hydrogens is 382 g/mol. The van der Waals surface area contributed by atoms with Crippen LogP contribution in [0, 0.1) is 0 Å². The number of carbonyl (C=O) groups excluding carboxylic acids is 2. The molecule has 8 heteroatoms. The van der Waals surface area contributed by atoms with Gasteiger partial charge in [0.1, 0.15) is 18.0 Å². The molecule has 1 aromatic heterocycles. The van der Waals surface area contributed by atoms with E-state index >= 15 is 0 Å². The Morgan fingerprint density at radius 3 is 2.43 bits per heavy atom. The number of benzene rings is 2. The molecule has 1 heterocycles. The van der Waals surface area contributed by atoms with Crippen molar-refractivity contribution in [3.63, 3.8) is 0 Å². The summed E-state index contributed by atoms with van der Waals surface area (Å²) in [5, 5.41) is 3.41. The van der Waals surface area contributed by atoms with E-state index in [1.807, 2.05) is 54.6 Å². The third-order valence-corrected chi connectivity index (χ3v) is 4.14. The van der Waals surface area contributed by atoms with Crippen molar-refractivity contribution in [1.29, 1.82) is 0 Å². The van der Waals surface area contributed by atoms with E-state index in [1.165, 1.54) is 6.33 Å². The number of anilines is 1. The minimum atomic E-state index is -0.845. The summed E-state index contributed by atoms with van der Waals surface area (Å²) in [5.74, 6) is 0.0390. The highest BCUT2D eigenvalue weighted by molar-refractivity contribution is 5.91. The molecule has 0 aliphatic rings. The van der Waals surface area contributed by atoms with Crippen molar-refractivity contribution in [1.82, 2.24) is 20.7 Å². The van der Waals surface area contributed by atoms with Crippen molar-refractivity contribution in [3.05, 3.63) is 66.5 Å². The maximum atomic E-state index is 12.9. The number of hydrazine groups is 1. The summed E-state index contributed by atoms with van der Waals surface area (Å²) in [6, 6.07) is 16.0. The van der Waals surface area contributed by atoms with Crippen molar-refractivity contribution < 1.29 is 14.3 Å². The zero-order valence-electron chi connectivity index (χ0n) is 17.2. The number of ether oxygens (including phenoxy) is 1. The van der Waals surface area contributed by atoms with Crippen LogP contribution in [0.3, 0.4) is 0 Å². The molecule has 2 amide bonds. The molecule has 156 valence electrons. The molecule has 30 heavy (non-hydrogen) atoms. The van der Waals surface area contributed by atoms with E-state index in [1.54, 1.807) is 20.8 Å². The molecule has 0 aliphatic carbocycles. The van der Waals surface area contributed by atoms with Gasteiger partial charge in [0.15, 0.2) is 5.82 Å². The maximum absolute atomic E-state index is 12.9. The number of amides is 2. The third-order valence-electron chi connectivity index (χ3n) is 4.14. The molecular formula is C22H25N5O3. The number of para-hydroxylation sites is 1. The molecule has 0 radical (unpaired) electrons. The molecule has 0 saturated carbocycles. The molecule has 3 rings (SSSR count). The number of hydrogen-bond acceptors (Lipinski definition) is 6. The Kier molecular flexibility index (Phi) is 6.46. The van der Waals surface area contributed by atoms with E-state index in [4.69, 9.17) is 4.74 Å². The number of nitrogens with zero attached hydrogens (tertiary/aromatic N) is 2. The SMILES string of the molecule is CC(C)(C)OC(=O)N[C@H](Cc1ccccc1)C(=O)NNc1ncnc2ccccc12. The van der Waals surface area contributed by atoms with Crippen LogP contribution >= 0.6 is 0 Å². The molecule has 0 unspecified atom stereocenters. The summed E-state index contributed by atoms with van der Waals surface area (Å²) in [6.45, 7) is 5.29. The highest BCUT2D eigenvalue weighted by Gasteiger charge is 2.25. The van der Waals surface area contributed by atoms with E-state index in [-0.39, 0.29) is 0 Å². The number of aromatic nitrogens is 2. The van der Waals surface area contributed by atoms with Gasteiger partial charge in [0.25, 0.3) is 5.91 Å². The Morgan fingerprint density at radius 2 is 1.70 bits per heavy atom. The average Bonchev–Trinajstić information content (AvgIpc) is 2.71. The second-order valence-electron chi connectivity index (χ2n) is 7.74. The summed E-state index contributed by atoms with van der Waals surface area (Å²) in [5.41, 5.74) is 6.44. The minimum Gasteiger partial charge on any atom is -0.444 e. The molecule has 0 bridgehead atoms. The second kappa shape index (κ2) is 9.21. The fourth-order valence-electron chi connectivity index (χ4n) is 2.82. The van der Waals surface area contributed by atoms with Gasteiger partial charge in [0.05, 0.1) is 5.52 Å². The van der Waals surface area contributed by atoms with Crippen molar-refractivity contribution in [2.75, 3.05) is 5.43 Å². The summed E-state index contributed by atoms with van der Waals surface area (Å²) in [6.07, 6.45) is 1.06. The smallest absolute Gasteiger partial charge is 0.408 e. The summed E-state index contributed by atoms with van der Waals surface area (Å²) in [7, 11) is 0. The van der Waals surface area contributed by atoms with E-state index in [2.05, 4.69) is 26.1 Å². The largest absolute Gasteiger partial charge is 0.444 e. The van der Waals surface area contributed by atoms with Crippen molar-refractivity contribution in [2.24, 2.45) is 0 Å². The van der Waals surface area contributed by atoms with Crippen LogP contribution in [-0.4, -0.2) is 33.6 Å². The predicted octanol–water partition coefficient (Wildman–Crippen LogP) is 3.21. The molecule has 0 saturated heterocycles. The standard InChI is InChI=1S/C22H25N5O3/c1-22(2,3)30-21(29)25-18(13-15-9-5-4-6-10-15)20(28)27-26-19-16-11-7-8-12-17(16)23-14-24-19/h4-12,14,18H,13H2,1-3H3,(H,25,29)(H,27,28)(H,23,24,26)/t18-/m1/s1. The van der Waals surface area contributed by atoms with E-state index in [0.717, 1.165) is 16.5 Å². The van der Waals surface area contributed by atoms with Crippen molar-refractivity contribution >= 4 is 28.7 Å². The van der Waals surface area contributed by atoms with E-state index in [9.17, 15) is 9.59 Å². The first-order valence-electron chi connectivity index (χ1n) is 9.61. The van der Waals surface area contributed by atoms with Crippen LogP contribution < -0.4 is 16.2 Å². The second-order valence-corrected chi connectivity index (χ2v) is 7.74. The Hall–Kier alpha value is -3.68. The lowest BCUT2D eigenvalue weighted by molar-refractivity contribution is -0.122. The van der Waals surface area contributed by atoms with Crippen LogP contribution in [-0.2, 0) is 16.0 Å². The van der Waals surface area contributed by atoms with Gasteiger partial charge in [-0.05, 0) is 38.5 Å². The summed E-state index contributed by atoms with van der Waals surface area (Å²) in [4.78, 5) is 33.5. The van der Waals surface area contributed by atoms with Gasteiger partial charge in [-0.1, -0.05) is 42.5 Å². The third kappa shape index (κ3) is 5.91. The topological polar surface area (TPSA) is 105 Å². The highest BCUT2D eigenvalue weighted by atomic mass is 16.6. The summed E-state index contributed by atoms with van der Waals surface area (Å²) < 4.78 is 5.31. The highest BCUT2D eigenvalue weighted by Crippen LogP contribution is 2.17. The zero-order valence-corrected chi connectivity index (χ0v) is 17.2. The first kappa shape index (κ1) is 21.0. The number of fused-ring (bicyclic) bond motifs is 1. The minimum absolute atomic E-state index is 0.304. The molecule has 3 N–H and O–H groups in total. The lowest BCUT2D eigenvalue weighted by Crippen LogP contribution is -2.50. The number of rotatable bonds is 6. The van der Waals surface area contributed by atoms with Gasteiger partial charge < -0.3 is 10.1 Å². The number of hydrogen-bond donors (Lipinski definition) is 3. The molecule has 1 atom stereocenters. The number of alkyl carbamates (subject to hydrolysis) is 1. The monoisotopic (exact) mass is 407 g/mol. The maximum Gasteiger partial charge on any atom is 0.408 e. The Morgan fingerprint density at radius 1 is 1.00 bits per heavy atom. The van der Waals surface area contributed by atoms with Crippen LogP contribution in [0.4, 0.5) is 10.6 Å². The fraction of sp³-hybridized carbons (Fsp3) is 0.273. The zero-order chi connectivity index (χ0) is 21.6. The lowest BCUT2D eigenvalue weighted by atomic mass is 10.1. The van der Waals surface area contributed by atoms with Gasteiger partial charge in [0, 0.05) is 11.8 Å². The predicted molar refractivity (Wildman–Crippen MR) is 115 cm³/mol. The van der Waals surface area contributed by atoms with Crippen LogP contribution in [0.1, 0.15) is 26.3 Å². The first-order valence-corrected chi connectivity index (χ1v) is 9.61. The molecule has 0 spiro atoms. The molecule has 8 nitrogen and oxygen atoms in total. The molecule has 0 aliphatic heterocycles. The Bertz CT molecular complexity index is 1010. The van der Waals surface area contributed by atoms with E-state index < -0.39 is 23.6 Å². The lowest BCUT2D eigenvalue weighted by Gasteiger charge is -2.23. The first-order chi connectivity index (χ1) is 14.3. The van der Waals surface area contributed by atoms with Gasteiger partial charge in [-0.2, -0.15) is 0 Å². The van der Waals surface area contributed by atoms with Crippen LogP contribution in [0.25, 0.3) is 10.9 Å². The van der Waals surface area contributed by atoms with Crippen molar-refractivity contribution in [2.45, 2.75) is 38.8 Å². The fourth-order valence-corrected chi connectivity index (χ4v) is 2.82. The molecule has 3 aromatic rings. The van der Waals surface area contributed by atoms with Gasteiger partial charge in [-0.3, -0.25) is 15.6 Å². The number of carbonyl (C=O) groups is 2. The van der Waals surface area contributed by atoms with Crippen LogP contribution in [0.5, 0.6) is 0 Å². The normalized spacial score (nSPS) is 12.1.